The zero-order valence-corrected chi connectivity index (χ0v) is 19.2. The number of hydrogen-bond acceptors (Lipinski definition) is 4. The molecule has 1 N–H and O–H groups in total. The third-order valence-corrected chi connectivity index (χ3v) is 6.71. The minimum absolute atomic E-state index is 0.0737. The summed E-state index contributed by atoms with van der Waals surface area (Å²) < 4.78 is 6.16. The van der Waals surface area contributed by atoms with Gasteiger partial charge in [-0.2, -0.15) is 0 Å². The molecule has 1 aromatic carbocycles. The van der Waals surface area contributed by atoms with Crippen molar-refractivity contribution in [3.8, 4) is 11.1 Å². The lowest BCUT2D eigenvalue weighted by Crippen LogP contribution is -2.62. The summed E-state index contributed by atoms with van der Waals surface area (Å²) >= 11 is 0. The average molecular weight is 448 g/mol. The van der Waals surface area contributed by atoms with E-state index in [1.54, 1.807) is 12.3 Å². The average Bonchev–Trinajstić information content (AvgIpc) is 2.88. The highest BCUT2D eigenvalue weighted by Gasteiger charge is 2.45. The van der Waals surface area contributed by atoms with Crippen molar-refractivity contribution in [2.75, 3.05) is 26.2 Å². The van der Waals surface area contributed by atoms with Crippen molar-refractivity contribution in [1.29, 1.82) is 0 Å². The Labute approximate surface area is 196 Å². The maximum Gasteiger partial charge on any atom is 0.254 e. The Morgan fingerprint density at radius 2 is 1.94 bits per heavy atom. The SMILES string of the molecule is C=CCNC(=O)C1(Cc2ccc(-c3cccnc3)cc2)CN(C(=O)C2CCCCC2)CCO1. The summed E-state index contributed by atoms with van der Waals surface area (Å²) in [6, 6.07) is 12.1. The van der Waals surface area contributed by atoms with E-state index in [0.717, 1.165) is 42.4 Å². The topological polar surface area (TPSA) is 71.5 Å². The van der Waals surface area contributed by atoms with E-state index in [0.29, 0.717) is 26.1 Å². The molecule has 1 saturated carbocycles. The molecule has 2 fully saturated rings. The van der Waals surface area contributed by atoms with Gasteiger partial charge in [-0.3, -0.25) is 14.6 Å². The fourth-order valence-corrected chi connectivity index (χ4v) is 4.91. The highest BCUT2D eigenvalue weighted by atomic mass is 16.5. The van der Waals surface area contributed by atoms with Crippen LogP contribution in [0.3, 0.4) is 0 Å². The number of nitrogens with zero attached hydrogens (tertiary/aromatic N) is 2. The highest BCUT2D eigenvalue weighted by molar-refractivity contribution is 5.88. The first-order valence-electron chi connectivity index (χ1n) is 11.9. The molecule has 2 heterocycles. The first kappa shape index (κ1) is 23.2. The lowest BCUT2D eigenvalue weighted by molar-refractivity contribution is -0.168. The Morgan fingerprint density at radius 3 is 2.64 bits per heavy atom. The van der Waals surface area contributed by atoms with Gasteiger partial charge in [0.05, 0.1) is 13.2 Å². The van der Waals surface area contributed by atoms with Crippen LogP contribution in [-0.4, -0.2) is 53.5 Å². The van der Waals surface area contributed by atoms with Crippen LogP contribution in [0.25, 0.3) is 11.1 Å². The molecule has 1 aliphatic carbocycles. The van der Waals surface area contributed by atoms with E-state index >= 15 is 0 Å². The van der Waals surface area contributed by atoms with Crippen LogP contribution in [-0.2, 0) is 20.7 Å². The second-order valence-electron chi connectivity index (χ2n) is 9.05. The third-order valence-electron chi connectivity index (χ3n) is 6.71. The number of rotatable bonds is 7. The van der Waals surface area contributed by atoms with Gasteiger partial charge in [0.2, 0.25) is 5.91 Å². The lowest BCUT2D eigenvalue weighted by Gasteiger charge is -2.43. The molecule has 1 aromatic heterocycles. The molecular formula is C27H33N3O3. The Balaban J connectivity index is 1.54. The maximum absolute atomic E-state index is 13.3. The maximum atomic E-state index is 13.3. The van der Waals surface area contributed by atoms with Crippen molar-refractivity contribution >= 4 is 11.8 Å². The van der Waals surface area contributed by atoms with Crippen molar-refractivity contribution in [3.63, 3.8) is 0 Å². The number of nitrogens with one attached hydrogen (secondary N) is 1. The standard InChI is InChI=1S/C27H33N3O3/c1-2-14-29-26(32)27(18-21-10-12-22(13-11-21)24-9-6-15-28-19-24)20-30(16-17-33-27)25(31)23-7-4-3-5-8-23/h2,6,9-13,15,19,23H,1,3-5,7-8,14,16-18,20H2,(H,29,32). The number of hydrogen-bond donors (Lipinski definition) is 1. The summed E-state index contributed by atoms with van der Waals surface area (Å²) in [5.74, 6) is 0.0512. The first-order chi connectivity index (χ1) is 16.1. The molecule has 0 bridgehead atoms. The van der Waals surface area contributed by atoms with Crippen LogP contribution in [0.5, 0.6) is 0 Å². The largest absolute Gasteiger partial charge is 0.361 e. The van der Waals surface area contributed by atoms with Gasteiger partial charge in [-0.25, -0.2) is 0 Å². The monoisotopic (exact) mass is 447 g/mol. The summed E-state index contributed by atoms with van der Waals surface area (Å²) in [4.78, 5) is 32.6. The molecule has 1 atom stereocenters. The second kappa shape index (κ2) is 10.8. The van der Waals surface area contributed by atoms with E-state index in [9.17, 15) is 9.59 Å². The van der Waals surface area contributed by atoms with Crippen LogP contribution in [0.1, 0.15) is 37.7 Å². The van der Waals surface area contributed by atoms with E-state index < -0.39 is 5.60 Å². The number of benzene rings is 1. The molecule has 6 heteroatoms. The fraction of sp³-hybridized carbons (Fsp3) is 0.444. The van der Waals surface area contributed by atoms with Gasteiger partial charge in [0.25, 0.3) is 5.91 Å². The summed E-state index contributed by atoms with van der Waals surface area (Å²) in [5, 5.41) is 2.91. The van der Waals surface area contributed by atoms with Crippen LogP contribution in [0.4, 0.5) is 0 Å². The second-order valence-corrected chi connectivity index (χ2v) is 9.05. The van der Waals surface area contributed by atoms with Gasteiger partial charge < -0.3 is 15.0 Å². The summed E-state index contributed by atoms with van der Waals surface area (Å²) in [5.41, 5.74) is 1.99. The van der Waals surface area contributed by atoms with Crippen molar-refractivity contribution in [1.82, 2.24) is 15.2 Å². The Hall–Kier alpha value is -2.99. The molecule has 2 aliphatic rings. The van der Waals surface area contributed by atoms with Gasteiger partial charge in [-0.05, 0) is 35.6 Å². The van der Waals surface area contributed by atoms with E-state index in [-0.39, 0.29) is 24.3 Å². The molecule has 33 heavy (non-hydrogen) atoms. The predicted molar refractivity (Wildman–Crippen MR) is 128 cm³/mol. The third kappa shape index (κ3) is 5.50. The van der Waals surface area contributed by atoms with Crippen LogP contribution < -0.4 is 5.32 Å². The van der Waals surface area contributed by atoms with Gasteiger partial charge in [0.1, 0.15) is 0 Å². The number of amides is 2. The predicted octanol–water partition coefficient (Wildman–Crippen LogP) is 3.77. The molecule has 174 valence electrons. The molecule has 1 unspecified atom stereocenters. The zero-order chi connectivity index (χ0) is 23.1. The molecule has 2 aromatic rings. The van der Waals surface area contributed by atoms with Crippen LogP contribution in [0, 0.1) is 5.92 Å². The van der Waals surface area contributed by atoms with E-state index in [1.165, 1.54) is 6.42 Å². The van der Waals surface area contributed by atoms with Crippen molar-refractivity contribution in [2.24, 2.45) is 5.92 Å². The summed E-state index contributed by atoms with van der Waals surface area (Å²) in [6.07, 6.45) is 10.9. The minimum Gasteiger partial charge on any atom is -0.361 e. The van der Waals surface area contributed by atoms with Gasteiger partial charge in [0, 0.05) is 37.8 Å². The molecule has 1 saturated heterocycles. The molecule has 4 rings (SSSR count). The van der Waals surface area contributed by atoms with Gasteiger partial charge >= 0.3 is 0 Å². The first-order valence-corrected chi connectivity index (χ1v) is 11.9. The Kier molecular flexibility index (Phi) is 7.55. The number of pyridine rings is 1. The number of carbonyl (C=O) groups is 2. The van der Waals surface area contributed by atoms with Crippen molar-refractivity contribution < 1.29 is 14.3 Å². The van der Waals surface area contributed by atoms with Crippen molar-refractivity contribution in [3.05, 3.63) is 67.0 Å². The van der Waals surface area contributed by atoms with Gasteiger partial charge in [-0.15, -0.1) is 6.58 Å². The molecule has 1 aliphatic heterocycles. The lowest BCUT2D eigenvalue weighted by atomic mass is 9.86. The quantitative estimate of drug-likeness (QED) is 0.656. The summed E-state index contributed by atoms with van der Waals surface area (Å²) in [7, 11) is 0. The molecule has 0 spiro atoms. The van der Waals surface area contributed by atoms with Crippen molar-refractivity contribution in [2.45, 2.75) is 44.1 Å². The fourth-order valence-electron chi connectivity index (χ4n) is 4.91. The molecule has 6 nitrogen and oxygen atoms in total. The zero-order valence-electron chi connectivity index (χ0n) is 19.2. The number of morpholine rings is 1. The Morgan fingerprint density at radius 1 is 1.15 bits per heavy atom. The number of ether oxygens (including phenoxy) is 1. The normalized spacial score (nSPS) is 21.4. The van der Waals surface area contributed by atoms with Gasteiger partial charge in [0.15, 0.2) is 5.60 Å². The molecule has 0 radical (unpaired) electrons. The van der Waals surface area contributed by atoms with Gasteiger partial charge in [-0.1, -0.05) is 55.7 Å². The number of carbonyl (C=O) groups excluding carboxylic acids is 2. The number of aromatic nitrogens is 1. The van der Waals surface area contributed by atoms with E-state index in [1.807, 2.05) is 47.5 Å². The smallest absolute Gasteiger partial charge is 0.254 e. The molecular weight excluding hydrogens is 414 g/mol. The summed E-state index contributed by atoms with van der Waals surface area (Å²) in [6.45, 7) is 5.23. The van der Waals surface area contributed by atoms with E-state index in [2.05, 4.69) is 16.9 Å². The van der Waals surface area contributed by atoms with Crippen LogP contribution >= 0.6 is 0 Å². The highest BCUT2D eigenvalue weighted by Crippen LogP contribution is 2.30. The van der Waals surface area contributed by atoms with Crippen LogP contribution in [0.2, 0.25) is 0 Å². The molecule has 2 amide bonds. The van der Waals surface area contributed by atoms with E-state index in [4.69, 9.17) is 4.74 Å². The minimum atomic E-state index is -1.11. The Bertz CT molecular complexity index is 954. The van der Waals surface area contributed by atoms with Crippen LogP contribution in [0.15, 0.2) is 61.4 Å².